The van der Waals surface area contributed by atoms with Gasteiger partial charge in [-0.3, -0.25) is 4.72 Å². The van der Waals surface area contributed by atoms with Gasteiger partial charge < -0.3 is 15.2 Å². The lowest BCUT2D eigenvalue weighted by Crippen LogP contribution is -2.14. The molecule has 2 aromatic rings. The second kappa shape index (κ2) is 5.88. The predicted molar refractivity (Wildman–Crippen MR) is 79.0 cm³/mol. The van der Waals surface area contributed by atoms with Crippen LogP contribution in [0.25, 0.3) is 0 Å². The van der Waals surface area contributed by atoms with Gasteiger partial charge in [-0.25, -0.2) is 13.4 Å². The molecule has 0 aliphatic heterocycles. The monoisotopic (exact) mass is 309 g/mol. The van der Waals surface area contributed by atoms with E-state index in [-0.39, 0.29) is 10.7 Å². The van der Waals surface area contributed by atoms with Crippen LogP contribution in [-0.2, 0) is 10.0 Å². The van der Waals surface area contributed by atoms with Crippen molar-refractivity contribution >= 4 is 21.5 Å². The largest absolute Gasteiger partial charge is 0.497 e. The molecular formula is C13H15N3O4S. The van der Waals surface area contributed by atoms with Gasteiger partial charge in [0.1, 0.15) is 17.3 Å². The third-order valence-electron chi connectivity index (χ3n) is 2.72. The molecule has 21 heavy (non-hydrogen) atoms. The van der Waals surface area contributed by atoms with Gasteiger partial charge in [0.15, 0.2) is 0 Å². The molecule has 3 N–H and O–H groups in total. The first kappa shape index (κ1) is 14.9. The summed E-state index contributed by atoms with van der Waals surface area (Å²) < 4.78 is 37.2. The molecule has 0 radical (unpaired) electrons. The number of pyridine rings is 1. The first-order valence-electron chi connectivity index (χ1n) is 5.92. The highest BCUT2D eigenvalue weighted by Gasteiger charge is 2.17. The molecule has 112 valence electrons. The van der Waals surface area contributed by atoms with Crippen molar-refractivity contribution in [3.8, 4) is 11.5 Å². The van der Waals surface area contributed by atoms with Gasteiger partial charge in [-0.05, 0) is 18.2 Å². The van der Waals surface area contributed by atoms with Crippen LogP contribution in [0.5, 0.6) is 11.5 Å². The number of ether oxygens (including phenoxy) is 2. The topological polar surface area (TPSA) is 104 Å². The van der Waals surface area contributed by atoms with Crippen LogP contribution in [0.4, 0.5) is 11.5 Å². The number of aromatic nitrogens is 1. The molecule has 0 spiro atoms. The number of hydrogen-bond acceptors (Lipinski definition) is 6. The van der Waals surface area contributed by atoms with Crippen molar-refractivity contribution < 1.29 is 17.9 Å². The Bertz CT molecular complexity index is 747. The summed E-state index contributed by atoms with van der Waals surface area (Å²) in [5.41, 5.74) is 5.80. The van der Waals surface area contributed by atoms with Crippen molar-refractivity contribution in [1.29, 1.82) is 0 Å². The van der Waals surface area contributed by atoms with E-state index in [1.807, 2.05) is 0 Å². The maximum atomic E-state index is 12.3. The van der Waals surface area contributed by atoms with E-state index in [2.05, 4.69) is 9.71 Å². The number of nitrogen functional groups attached to an aromatic ring is 1. The average Bonchev–Trinajstić information content (AvgIpc) is 2.47. The van der Waals surface area contributed by atoms with E-state index in [4.69, 9.17) is 15.2 Å². The lowest BCUT2D eigenvalue weighted by molar-refractivity contribution is 0.395. The summed E-state index contributed by atoms with van der Waals surface area (Å²) in [5, 5.41) is 0. The Hall–Kier alpha value is -2.48. The Morgan fingerprint density at radius 3 is 2.52 bits per heavy atom. The fourth-order valence-electron chi connectivity index (χ4n) is 1.68. The maximum Gasteiger partial charge on any atom is 0.262 e. The molecule has 0 atom stereocenters. The predicted octanol–water partition coefficient (Wildman–Crippen LogP) is 1.48. The van der Waals surface area contributed by atoms with Crippen LogP contribution < -0.4 is 19.9 Å². The Balaban J connectivity index is 2.37. The Morgan fingerprint density at radius 1 is 1.14 bits per heavy atom. The number of sulfonamides is 1. The van der Waals surface area contributed by atoms with Crippen LogP contribution in [0, 0.1) is 0 Å². The van der Waals surface area contributed by atoms with Gasteiger partial charge in [0, 0.05) is 18.3 Å². The zero-order chi connectivity index (χ0) is 15.5. The van der Waals surface area contributed by atoms with Gasteiger partial charge in [-0.2, -0.15) is 0 Å². The SMILES string of the molecule is COc1ccc(NS(=O)(=O)c2ccnc(N)c2)c(OC)c1. The summed E-state index contributed by atoms with van der Waals surface area (Å²) in [4.78, 5) is 3.78. The third kappa shape index (κ3) is 3.34. The number of benzene rings is 1. The lowest BCUT2D eigenvalue weighted by Gasteiger charge is -2.13. The van der Waals surface area contributed by atoms with E-state index in [0.717, 1.165) is 0 Å². The summed E-state index contributed by atoms with van der Waals surface area (Å²) in [6, 6.07) is 7.40. The molecule has 0 saturated heterocycles. The molecule has 0 amide bonds. The van der Waals surface area contributed by atoms with Gasteiger partial charge in [0.25, 0.3) is 10.0 Å². The summed E-state index contributed by atoms with van der Waals surface area (Å²) in [6.07, 6.45) is 1.33. The van der Waals surface area contributed by atoms with E-state index in [0.29, 0.717) is 17.2 Å². The van der Waals surface area contributed by atoms with Crippen LogP contribution >= 0.6 is 0 Å². The molecule has 0 aliphatic rings. The molecule has 0 bridgehead atoms. The van der Waals surface area contributed by atoms with Crippen molar-refractivity contribution in [1.82, 2.24) is 4.98 Å². The van der Waals surface area contributed by atoms with Gasteiger partial charge >= 0.3 is 0 Å². The maximum absolute atomic E-state index is 12.3. The molecule has 0 saturated carbocycles. The summed E-state index contributed by atoms with van der Waals surface area (Å²) in [7, 11) is -0.825. The molecule has 7 nitrogen and oxygen atoms in total. The number of nitrogens with zero attached hydrogens (tertiary/aromatic N) is 1. The van der Waals surface area contributed by atoms with Gasteiger partial charge in [0.2, 0.25) is 0 Å². The molecular weight excluding hydrogens is 294 g/mol. The Morgan fingerprint density at radius 2 is 1.90 bits per heavy atom. The van der Waals surface area contributed by atoms with Gasteiger partial charge in [-0.15, -0.1) is 0 Å². The van der Waals surface area contributed by atoms with Crippen LogP contribution in [0.2, 0.25) is 0 Å². The molecule has 1 aromatic heterocycles. The highest BCUT2D eigenvalue weighted by Crippen LogP contribution is 2.30. The minimum Gasteiger partial charge on any atom is -0.497 e. The fraction of sp³-hybridized carbons (Fsp3) is 0.154. The highest BCUT2D eigenvalue weighted by atomic mass is 32.2. The van der Waals surface area contributed by atoms with Crippen molar-refractivity contribution in [2.45, 2.75) is 4.90 Å². The van der Waals surface area contributed by atoms with Gasteiger partial charge in [0.05, 0.1) is 24.8 Å². The average molecular weight is 309 g/mol. The number of hydrogen-bond donors (Lipinski definition) is 2. The van der Waals surface area contributed by atoms with E-state index < -0.39 is 10.0 Å². The number of rotatable bonds is 5. The second-order valence-electron chi connectivity index (χ2n) is 4.09. The third-order valence-corrected chi connectivity index (χ3v) is 4.08. The molecule has 1 heterocycles. The van der Waals surface area contributed by atoms with Gasteiger partial charge in [-0.1, -0.05) is 0 Å². The Labute approximate surface area is 122 Å². The zero-order valence-corrected chi connectivity index (χ0v) is 12.3. The smallest absolute Gasteiger partial charge is 0.262 e. The molecule has 2 rings (SSSR count). The summed E-state index contributed by atoms with van der Waals surface area (Å²) in [5.74, 6) is 1.03. The van der Waals surface area contributed by atoms with E-state index in [1.165, 1.54) is 32.5 Å². The number of methoxy groups -OCH3 is 2. The summed E-state index contributed by atoms with van der Waals surface area (Å²) in [6.45, 7) is 0. The van der Waals surface area contributed by atoms with Crippen LogP contribution in [0.1, 0.15) is 0 Å². The molecule has 0 unspecified atom stereocenters. The molecule has 0 fully saturated rings. The second-order valence-corrected chi connectivity index (χ2v) is 5.77. The molecule has 8 heteroatoms. The first-order valence-corrected chi connectivity index (χ1v) is 7.41. The Kier molecular flexibility index (Phi) is 4.18. The molecule has 1 aromatic carbocycles. The molecule has 0 aliphatic carbocycles. The lowest BCUT2D eigenvalue weighted by atomic mass is 10.3. The van der Waals surface area contributed by atoms with Crippen LogP contribution in [0.3, 0.4) is 0 Å². The number of nitrogens with one attached hydrogen (secondary N) is 1. The normalized spacial score (nSPS) is 11.0. The van der Waals surface area contributed by atoms with Crippen molar-refractivity contribution in [2.75, 3.05) is 24.7 Å². The van der Waals surface area contributed by atoms with Crippen molar-refractivity contribution in [2.24, 2.45) is 0 Å². The van der Waals surface area contributed by atoms with Crippen molar-refractivity contribution in [3.05, 3.63) is 36.5 Å². The highest BCUT2D eigenvalue weighted by molar-refractivity contribution is 7.92. The van der Waals surface area contributed by atoms with E-state index in [9.17, 15) is 8.42 Å². The quantitative estimate of drug-likeness (QED) is 0.867. The standard InChI is InChI=1S/C13H15N3O4S/c1-19-9-3-4-11(12(7-9)20-2)16-21(17,18)10-5-6-15-13(14)8-10/h3-8,16H,1-2H3,(H2,14,15). The zero-order valence-electron chi connectivity index (χ0n) is 11.5. The van der Waals surface area contributed by atoms with Crippen molar-refractivity contribution in [3.63, 3.8) is 0 Å². The van der Waals surface area contributed by atoms with Crippen LogP contribution in [-0.4, -0.2) is 27.6 Å². The van der Waals surface area contributed by atoms with E-state index in [1.54, 1.807) is 18.2 Å². The number of nitrogens with two attached hydrogens (primary N) is 1. The fourth-order valence-corrected chi connectivity index (χ4v) is 2.77. The summed E-state index contributed by atoms with van der Waals surface area (Å²) >= 11 is 0. The minimum absolute atomic E-state index is 0.0212. The number of anilines is 2. The first-order chi connectivity index (χ1) is 9.96. The van der Waals surface area contributed by atoms with Crippen LogP contribution in [0.15, 0.2) is 41.4 Å². The van der Waals surface area contributed by atoms with E-state index >= 15 is 0 Å². The minimum atomic E-state index is -3.78.